The van der Waals surface area contributed by atoms with Crippen LogP contribution in [0.1, 0.15) is 46.2 Å². The van der Waals surface area contributed by atoms with Crippen molar-refractivity contribution in [2.24, 2.45) is 0 Å². The summed E-state index contributed by atoms with van der Waals surface area (Å²) in [6.07, 6.45) is 4.12. The Morgan fingerprint density at radius 3 is 2.54 bits per heavy atom. The fourth-order valence-corrected chi connectivity index (χ4v) is 4.45. The molecule has 1 aliphatic carbocycles. The third-order valence-electron chi connectivity index (χ3n) is 5.06. The summed E-state index contributed by atoms with van der Waals surface area (Å²) in [6, 6.07) is 8.99. The number of aromatic nitrogens is 1. The number of rotatable bonds is 5. The largest absolute Gasteiger partial charge is 0.346 e. The van der Waals surface area contributed by atoms with Gasteiger partial charge in [-0.2, -0.15) is 0 Å². The Labute approximate surface area is 172 Å². The highest BCUT2D eigenvalue weighted by Gasteiger charge is 2.37. The lowest BCUT2D eigenvalue weighted by Crippen LogP contribution is -2.33. The predicted octanol–water partition coefficient (Wildman–Crippen LogP) is 5.01. The van der Waals surface area contributed by atoms with E-state index in [1.54, 1.807) is 30.3 Å². The van der Waals surface area contributed by atoms with Crippen molar-refractivity contribution in [3.05, 3.63) is 62.8 Å². The molecule has 0 unspecified atom stereocenters. The van der Waals surface area contributed by atoms with E-state index in [9.17, 15) is 14.4 Å². The molecular formula is C21H19ClN2O3S. The summed E-state index contributed by atoms with van der Waals surface area (Å²) in [4.78, 5) is 38.8. The van der Waals surface area contributed by atoms with Crippen LogP contribution in [0.25, 0.3) is 6.08 Å². The summed E-state index contributed by atoms with van der Waals surface area (Å²) >= 11 is 6.72. The Morgan fingerprint density at radius 2 is 1.89 bits per heavy atom. The number of benzene rings is 1. The first-order valence-corrected chi connectivity index (χ1v) is 10.3. The van der Waals surface area contributed by atoms with Crippen LogP contribution in [0.15, 0.2) is 35.2 Å². The molecule has 2 fully saturated rings. The van der Waals surface area contributed by atoms with Crippen molar-refractivity contribution in [3.63, 3.8) is 0 Å². The Kier molecular flexibility index (Phi) is 4.93. The molecule has 0 radical (unpaired) electrons. The zero-order valence-electron chi connectivity index (χ0n) is 15.6. The highest BCUT2D eigenvalue weighted by molar-refractivity contribution is 8.18. The number of hydrogen-bond donors (Lipinski definition) is 0. The molecule has 1 saturated heterocycles. The molecule has 2 aromatic rings. The highest BCUT2D eigenvalue weighted by atomic mass is 35.5. The SMILES string of the molecule is Cc1cc(/C=C2\SC(=O)N(CC(=O)c3ccc(Cl)cc3)C2=O)c(C)n1C1CC1. The third-order valence-corrected chi connectivity index (χ3v) is 6.22. The second kappa shape index (κ2) is 7.26. The first-order chi connectivity index (χ1) is 13.3. The lowest BCUT2D eigenvalue weighted by Gasteiger charge is -2.11. The number of carbonyl (C=O) groups is 3. The molecule has 144 valence electrons. The van der Waals surface area contributed by atoms with E-state index in [0.29, 0.717) is 21.5 Å². The van der Waals surface area contributed by atoms with Crippen LogP contribution < -0.4 is 0 Å². The molecule has 0 N–H and O–H groups in total. The van der Waals surface area contributed by atoms with Crippen LogP contribution in [0.3, 0.4) is 0 Å². The van der Waals surface area contributed by atoms with Gasteiger partial charge >= 0.3 is 0 Å². The fraction of sp³-hybridized carbons (Fsp3) is 0.286. The van der Waals surface area contributed by atoms with Crippen LogP contribution in [0.5, 0.6) is 0 Å². The average Bonchev–Trinajstić information content (AvgIpc) is 3.40. The molecular weight excluding hydrogens is 396 g/mol. The number of carbonyl (C=O) groups excluding carboxylic acids is 3. The van der Waals surface area contributed by atoms with E-state index in [4.69, 9.17) is 11.6 Å². The second-order valence-corrected chi connectivity index (χ2v) is 8.56. The minimum absolute atomic E-state index is 0.273. The summed E-state index contributed by atoms with van der Waals surface area (Å²) in [5.74, 6) is -0.722. The number of Topliss-reactive ketones (excluding diaryl/α,β-unsaturated/α-hetero) is 1. The minimum Gasteiger partial charge on any atom is -0.346 e. The predicted molar refractivity (Wildman–Crippen MR) is 111 cm³/mol. The standard InChI is InChI=1S/C21H19ClN2O3S/c1-12-9-15(13(2)24(12)17-7-8-17)10-19-20(26)23(21(27)28-19)11-18(25)14-3-5-16(22)6-4-14/h3-6,9-10,17H,7-8,11H2,1-2H3/b19-10-. The van der Waals surface area contributed by atoms with Crippen molar-refractivity contribution in [3.8, 4) is 0 Å². The first kappa shape index (κ1) is 19.0. The van der Waals surface area contributed by atoms with Crippen LogP contribution in [0.2, 0.25) is 5.02 Å². The van der Waals surface area contributed by atoms with Gasteiger partial charge in [0.05, 0.1) is 11.4 Å². The van der Waals surface area contributed by atoms with Gasteiger partial charge in [0.15, 0.2) is 5.78 Å². The topological polar surface area (TPSA) is 59.4 Å². The van der Waals surface area contributed by atoms with Gasteiger partial charge in [0.2, 0.25) is 0 Å². The number of hydrogen-bond acceptors (Lipinski definition) is 4. The lowest BCUT2D eigenvalue weighted by atomic mass is 10.1. The maximum atomic E-state index is 12.7. The van der Waals surface area contributed by atoms with Gasteiger partial charge < -0.3 is 4.57 Å². The number of thioether (sulfide) groups is 1. The molecule has 2 heterocycles. The van der Waals surface area contributed by atoms with Gasteiger partial charge in [-0.1, -0.05) is 11.6 Å². The minimum atomic E-state index is -0.423. The average molecular weight is 415 g/mol. The Balaban J connectivity index is 1.54. The van der Waals surface area contributed by atoms with Crippen LogP contribution >= 0.6 is 23.4 Å². The Hall–Kier alpha value is -2.31. The van der Waals surface area contributed by atoms with Crippen LogP contribution in [-0.4, -0.2) is 32.9 Å². The van der Waals surface area contributed by atoms with Gasteiger partial charge in [0.1, 0.15) is 0 Å². The van der Waals surface area contributed by atoms with Gasteiger partial charge in [-0.15, -0.1) is 0 Å². The van der Waals surface area contributed by atoms with Gasteiger partial charge in [-0.05, 0) is 80.4 Å². The van der Waals surface area contributed by atoms with Crippen molar-refractivity contribution in [2.75, 3.05) is 6.54 Å². The van der Waals surface area contributed by atoms with Crippen molar-refractivity contribution in [1.82, 2.24) is 9.47 Å². The first-order valence-electron chi connectivity index (χ1n) is 9.07. The highest BCUT2D eigenvalue weighted by Crippen LogP contribution is 2.39. The second-order valence-electron chi connectivity index (χ2n) is 7.13. The van der Waals surface area contributed by atoms with E-state index in [1.807, 2.05) is 13.0 Å². The van der Waals surface area contributed by atoms with Crippen molar-refractivity contribution >= 4 is 46.4 Å². The summed E-state index contributed by atoms with van der Waals surface area (Å²) < 4.78 is 2.29. The number of halogens is 1. The van der Waals surface area contributed by atoms with Crippen LogP contribution in [-0.2, 0) is 4.79 Å². The normalized spacial score (nSPS) is 18.4. The van der Waals surface area contributed by atoms with Crippen molar-refractivity contribution < 1.29 is 14.4 Å². The maximum Gasteiger partial charge on any atom is 0.293 e. The Bertz CT molecular complexity index is 1020. The molecule has 1 aromatic carbocycles. The van der Waals surface area contributed by atoms with E-state index < -0.39 is 11.1 Å². The molecule has 2 amide bonds. The molecule has 0 atom stereocenters. The van der Waals surface area contributed by atoms with Gasteiger partial charge in [-0.25, -0.2) is 0 Å². The molecule has 0 spiro atoms. The third kappa shape index (κ3) is 3.54. The molecule has 7 heteroatoms. The summed E-state index contributed by atoms with van der Waals surface area (Å²) in [6.45, 7) is 3.81. The number of imide groups is 1. The number of ketones is 1. The zero-order valence-corrected chi connectivity index (χ0v) is 17.1. The number of amides is 2. The molecule has 2 aliphatic rings. The van der Waals surface area contributed by atoms with E-state index in [-0.39, 0.29) is 12.3 Å². The summed E-state index contributed by atoms with van der Waals surface area (Å²) in [5.41, 5.74) is 3.62. The van der Waals surface area contributed by atoms with Crippen LogP contribution in [0.4, 0.5) is 4.79 Å². The van der Waals surface area contributed by atoms with Gasteiger partial charge in [-0.3, -0.25) is 19.3 Å². The van der Waals surface area contributed by atoms with E-state index >= 15 is 0 Å². The Morgan fingerprint density at radius 1 is 1.21 bits per heavy atom. The quantitative estimate of drug-likeness (QED) is 0.509. The maximum absolute atomic E-state index is 12.7. The fourth-order valence-electron chi connectivity index (χ4n) is 3.49. The molecule has 28 heavy (non-hydrogen) atoms. The van der Waals surface area contributed by atoms with Crippen molar-refractivity contribution in [1.29, 1.82) is 0 Å². The van der Waals surface area contributed by atoms with Gasteiger partial charge in [0.25, 0.3) is 11.1 Å². The van der Waals surface area contributed by atoms with Gasteiger partial charge in [0, 0.05) is 28.0 Å². The molecule has 0 bridgehead atoms. The molecule has 1 aliphatic heterocycles. The molecule has 5 nitrogen and oxygen atoms in total. The summed E-state index contributed by atoms with van der Waals surface area (Å²) in [5, 5.41) is 0.101. The van der Waals surface area contributed by atoms with Crippen molar-refractivity contribution in [2.45, 2.75) is 32.7 Å². The monoisotopic (exact) mass is 414 g/mol. The van der Waals surface area contributed by atoms with E-state index in [0.717, 1.165) is 33.6 Å². The molecule has 4 rings (SSSR count). The number of nitrogens with zero attached hydrogens (tertiary/aromatic N) is 2. The van der Waals surface area contributed by atoms with E-state index in [1.165, 1.54) is 12.8 Å². The smallest absolute Gasteiger partial charge is 0.293 e. The zero-order chi connectivity index (χ0) is 20.0. The molecule has 1 aromatic heterocycles. The van der Waals surface area contributed by atoms with E-state index in [2.05, 4.69) is 11.5 Å². The van der Waals surface area contributed by atoms with Crippen LogP contribution in [0, 0.1) is 13.8 Å². The number of aryl methyl sites for hydroxylation is 1. The molecule has 1 saturated carbocycles. The lowest BCUT2D eigenvalue weighted by molar-refractivity contribution is -0.122. The summed E-state index contributed by atoms with van der Waals surface area (Å²) in [7, 11) is 0.